The smallest absolute Gasteiger partial charge is 0.324 e. The van der Waals surface area contributed by atoms with Crippen molar-refractivity contribution in [2.24, 2.45) is 0 Å². The van der Waals surface area contributed by atoms with Gasteiger partial charge in [0.1, 0.15) is 11.6 Å². The van der Waals surface area contributed by atoms with Crippen LogP contribution in [0.15, 0.2) is 53.2 Å². The molecule has 0 aliphatic carbocycles. The van der Waals surface area contributed by atoms with E-state index >= 15 is 0 Å². The van der Waals surface area contributed by atoms with Crippen molar-refractivity contribution >= 4 is 23.4 Å². The fourth-order valence-electron chi connectivity index (χ4n) is 2.77. The first kappa shape index (κ1) is 17.0. The molecule has 2 aromatic heterocycles. The lowest BCUT2D eigenvalue weighted by atomic mass is 9.86. The predicted octanol–water partition coefficient (Wildman–Crippen LogP) is 3.25. The van der Waals surface area contributed by atoms with Crippen molar-refractivity contribution in [3.63, 3.8) is 0 Å². The quantitative estimate of drug-likeness (QED) is 0.654. The van der Waals surface area contributed by atoms with Crippen LogP contribution >= 0.6 is 0 Å². The van der Waals surface area contributed by atoms with E-state index in [-0.39, 0.29) is 5.41 Å². The summed E-state index contributed by atoms with van der Waals surface area (Å²) in [5.41, 5.74) is 8.01. The van der Waals surface area contributed by atoms with Crippen molar-refractivity contribution in [1.82, 2.24) is 10.1 Å². The number of hydrogen-bond donors (Lipinski definition) is 3. The maximum absolute atomic E-state index is 12.2. The second kappa shape index (κ2) is 6.73. The Morgan fingerprint density at radius 3 is 2.48 bits per heavy atom. The fourth-order valence-corrected chi connectivity index (χ4v) is 2.77. The Bertz CT molecular complexity index is 946. The van der Waals surface area contributed by atoms with E-state index in [1.807, 2.05) is 37.3 Å². The van der Waals surface area contributed by atoms with Crippen LogP contribution in [0, 0.1) is 0 Å². The summed E-state index contributed by atoms with van der Waals surface area (Å²) in [6.45, 7) is 3.20. The number of nitrogen functional groups attached to an aromatic ring is 1. The zero-order chi connectivity index (χ0) is 18.9. The molecule has 1 saturated heterocycles. The molecule has 1 aliphatic rings. The van der Waals surface area contributed by atoms with Gasteiger partial charge in [-0.3, -0.25) is 5.32 Å². The van der Waals surface area contributed by atoms with Gasteiger partial charge in [-0.1, -0.05) is 17.3 Å². The number of nitrogens with zero attached hydrogens (tertiary/aromatic N) is 2. The number of pyridine rings is 1. The zero-order valence-electron chi connectivity index (χ0n) is 14.7. The molecular weight excluding hydrogens is 346 g/mol. The number of urea groups is 1. The van der Waals surface area contributed by atoms with Crippen molar-refractivity contribution in [3.05, 3.63) is 54.4 Å². The molecule has 4 N–H and O–H groups in total. The van der Waals surface area contributed by atoms with Gasteiger partial charge in [0.25, 0.3) is 0 Å². The zero-order valence-corrected chi connectivity index (χ0v) is 14.7. The highest BCUT2D eigenvalue weighted by molar-refractivity contribution is 5.99. The fraction of sp³-hybridized carbons (Fsp3) is 0.211. The molecule has 1 aromatic carbocycles. The van der Waals surface area contributed by atoms with E-state index in [0.717, 1.165) is 11.1 Å². The summed E-state index contributed by atoms with van der Waals surface area (Å²) < 4.78 is 10.5. The van der Waals surface area contributed by atoms with Gasteiger partial charge in [0.15, 0.2) is 5.82 Å². The van der Waals surface area contributed by atoms with Gasteiger partial charge in [0.05, 0.1) is 18.6 Å². The molecule has 8 heteroatoms. The van der Waals surface area contributed by atoms with Crippen molar-refractivity contribution in [3.8, 4) is 11.1 Å². The SMILES string of the molecule is CC1(c2cc(NC(=O)Nc3ccc(-c4ccc(N)nc4)cc3)no2)COC1. The van der Waals surface area contributed by atoms with Gasteiger partial charge in [-0.15, -0.1) is 0 Å². The molecule has 8 nitrogen and oxygen atoms in total. The van der Waals surface area contributed by atoms with E-state index in [0.29, 0.717) is 36.3 Å². The highest BCUT2D eigenvalue weighted by atomic mass is 16.5. The number of benzene rings is 1. The molecule has 0 unspecified atom stereocenters. The monoisotopic (exact) mass is 365 g/mol. The minimum absolute atomic E-state index is 0.170. The molecule has 0 radical (unpaired) electrons. The standard InChI is InChI=1S/C19H19N5O3/c1-19(10-26-11-19)15-8-17(24-27-15)23-18(25)22-14-5-2-12(3-6-14)13-4-7-16(20)21-9-13/h2-9H,10-11H2,1H3,(H2,20,21)(H2,22,23,24,25). The van der Waals surface area contributed by atoms with Gasteiger partial charge < -0.3 is 20.3 Å². The lowest BCUT2D eigenvalue weighted by Gasteiger charge is -2.35. The van der Waals surface area contributed by atoms with Gasteiger partial charge in [-0.05, 0) is 36.8 Å². The molecule has 2 amide bonds. The van der Waals surface area contributed by atoms with Gasteiger partial charge in [0, 0.05) is 23.5 Å². The van der Waals surface area contributed by atoms with Gasteiger partial charge in [-0.25, -0.2) is 9.78 Å². The highest BCUT2D eigenvalue weighted by Crippen LogP contribution is 2.32. The summed E-state index contributed by atoms with van der Waals surface area (Å²) in [5.74, 6) is 1.54. The summed E-state index contributed by atoms with van der Waals surface area (Å²) in [6, 6.07) is 12.4. The van der Waals surface area contributed by atoms with Crippen molar-refractivity contribution < 1.29 is 14.1 Å². The predicted molar refractivity (Wildman–Crippen MR) is 101 cm³/mol. The van der Waals surface area contributed by atoms with E-state index in [4.69, 9.17) is 15.0 Å². The minimum Gasteiger partial charge on any atom is -0.384 e. The van der Waals surface area contributed by atoms with Crippen LogP contribution in [-0.2, 0) is 10.2 Å². The third-order valence-electron chi connectivity index (χ3n) is 4.45. The third-order valence-corrected chi connectivity index (χ3v) is 4.45. The Balaban J connectivity index is 1.37. The lowest BCUT2D eigenvalue weighted by Crippen LogP contribution is -2.43. The number of nitrogens with one attached hydrogen (secondary N) is 2. The molecule has 0 saturated carbocycles. The number of rotatable bonds is 4. The highest BCUT2D eigenvalue weighted by Gasteiger charge is 2.39. The topological polar surface area (TPSA) is 115 Å². The summed E-state index contributed by atoms with van der Waals surface area (Å²) in [6.07, 6.45) is 1.71. The van der Waals surface area contributed by atoms with E-state index in [2.05, 4.69) is 20.8 Å². The number of nitrogens with two attached hydrogens (primary N) is 1. The summed E-state index contributed by atoms with van der Waals surface area (Å²) >= 11 is 0. The number of carbonyl (C=O) groups is 1. The van der Waals surface area contributed by atoms with Gasteiger partial charge in [0.2, 0.25) is 0 Å². The number of carbonyl (C=O) groups excluding carboxylic acids is 1. The van der Waals surface area contributed by atoms with Crippen molar-refractivity contribution in [1.29, 1.82) is 0 Å². The number of amides is 2. The third kappa shape index (κ3) is 3.61. The molecule has 1 aliphatic heterocycles. The van der Waals surface area contributed by atoms with E-state index < -0.39 is 6.03 Å². The molecule has 27 heavy (non-hydrogen) atoms. The number of ether oxygens (including phenoxy) is 1. The first-order valence-electron chi connectivity index (χ1n) is 8.47. The van der Waals surface area contributed by atoms with E-state index in [1.54, 1.807) is 18.3 Å². The molecule has 0 spiro atoms. The van der Waals surface area contributed by atoms with Crippen LogP contribution in [0.5, 0.6) is 0 Å². The maximum Gasteiger partial charge on any atom is 0.324 e. The molecule has 3 aromatic rings. The second-order valence-corrected chi connectivity index (χ2v) is 6.76. The normalized spacial score (nSPS) is 15.0. The van der Waals surface area contributed by atoms with Crippen LogP contribution in [0.3, 0.4) is 0 Å². The number of anilines is 3. The minimum atomic E-state index is -0.397. The van der Waals surface area contributed by atoms with Crippen LogP contribution in [0.1, 0.15) is 12.7 Å². The molecular formula is C19H19N5O3. The first-order valence-corrected chi connectivity index (χ1v) is 8.47. The Hall–Kier alpha value is -3.39. The van der Waals surface area contributed by atoms with Crippen LogP contribution in [0.4, 0.5) is 22.1 Å². The van der Waals surface area contributed by atoms with Crippen LogP contribution in [0.25, 0.3) is 11.1 Å². The van der Waals surface area contributed by atoms with Crippen molar-refractivity contribution in [2.45, 2.75) is 12.3 Å². The maximum atomic E-state index is 12.2. The van der Waals surface area contributed by atoms with E-state index in [9.17, 15) is 4.79 Å². The Morgan fingerprint density at radius 2 is 1.85 bits per heavy atom. The summed E-state index contributed by atoms with van der Waals surface area (Å²) in [5, 5.41) is 9.31. The summed E-state index contributed by atoms with van der Waals surface area (Å²) in [7, 11) is 0. The van der Waals surface area contributed by atoms with Crippen LogP contribution in [-0.4, -0.2) is 29.4 Å². The first-order chi connectivity index (χ1) is 13.0. The van der Waals surface area contributed by atoms with Crippen LogP contribution in [0.2, 0.25) is 0 Å². The Labute approximate surface area is 155 Å². The van der Waals surface area contributed by atoms with E-state index in [1.165, 1.54) is 0 Å². The Morgan fingerprint density at radius 1 is 1.11 bits per heavy atom. The molecule has 0 bridgehead atoms. The average Bonchev–Trinajstić information content (AvgIpc) is 3.10. The van der Waals surface area contributed by atoms with Gasteiger partial charge in [-0.2, -0.15) is 0 Å². The molecule has 3 heterocycles. The molecule has 138 valence electrons. The Kier molecular flexibility index (Phi) is 4.25. The average molecular weight is 365 g/mol. The second-order valence-electron chi connectivity index (χ2n) is 6.76. The van der Waals surface area contributed by atoms with Crippen LogP contribution < -0.4 is 16.4 Å². The number of hydrogen-bond acceptors (Lipinski definition) is 6. The largest absolute Gasteiger partial charge is 0.384 e. The summed E-state index contributed by atoms with van der Waals surface area (Å²) in [4.78, 5) is 16.2. The number of aromatic nitrogens is 2. The van der Waals surface area contributed by atoms with Gasteiger partial charge >= 0.3 is 6.03 Å². The molecule has 0 atom stereocenters. The van der Waals surface area contributed by atoms with Crippen molar-refractivity contribution in [2.75, 3.05) is 29.6 Å². The lowest BCUT2D eigenvalue weighted by molar-refractivity contribution is -0.0619. The molecule has 1 fully saturated rings. The molecule has 4 rings (SSSR count).